The molecule has 0 atom stereocenters. The number of hydrogen-bond donors (Lipinski definition) is 2. The van der Waals surface area contributed by atoms with Gasteiger partial charge >= 0.3 is 0 Å². The fraction of sp³-hybridized carbons (Fsp3) is 0.320. The van der Waals surface area contributed by atoms with Gasteiger partial charge in [-0.15, -0.1) is 0 Å². The second-order valence-electron chi connectivity index (χ2n) is 7.43. The minimum absolute atomic E-state index is 0.0196. The first-order valence-corrected chi connectivity index (χ1v) is 11.2. The Hall–Kier alpha value is -2.96. The topological polar surface area (TPSA) is 66.7 Å². The number of carbonyl (C=O) groups excluding carboxylic acids is 1. The number of aromatic nitrogens is 1. The monoisotopic (exact) mass is 455 g/mol. The second kappa shape index (κ2) is 10.6. The minimum atomic E-state index is -0.190. The summed E-state index contributed by atoms with van der Waals surface area (Å²) in [6.07, 6.45) is 0. The van der Waals surface area contributed by atoms with Crippen LogP contribution in [0.3, 0.4) is 0 Å². The first-order chi connectivity index (χ1) is 15.4. The van der Waals surface area contributed by atoms with Crippen molar-refractivity contribution in [1.29, 1.82) is 0 Å². The molecular weight excluding hydrogens is 426 g/mol. The van der Waals surface area contributed by atoms with Crippen LogP contribution >= 0.6 is 11.6 Å². The zero-order valence-corrected chi connectivity index (χ0v) is 19.7. The van der Waals surface area contributed by atoms with Crippen molar-refractivity contribution in [2.75, 3.05) is 26.7 Å². The van der Waals surface area contributed by atoms with Gasteiger partial charge < -0.3 is 19.7 Å². The van der Waals surface area contributed by atoms with E-state index in [1.54, 1.807) is 12.1 Å². The summed E-state index contributed by atoms with van der Waals surface area (Å²) < 4.78 is 7.04. The molecule has 0 saturated heterocycles. The Labute approximate surface area is 194 Å². The number of phenols is 1. The van der Waals surface area contributed by atoms with Crippen molar-refractivity contribution in [2.45, 2.75) is 27.3 Å². The van der Waals surface area contributed by atoms with Crippen molar-refractivity contribution in [2.24, 2.45) is 0 Å². The maximum atomic E-state index is 12.8. The number of methoxy groups -OCH3 is 1. The molecule has 0 spiro atoms. The molecular formula is C25H30ClN3O3. The van der Waals surface area contributed by atoms with Gasteiger partial charge in [-0.2, -0.15) is 0 Å². The van der Waals surface area contributed by atoms with Crippen LogP contribution in [0.2, 0.25) is 5.02 Å². The predicted molar refractivity (Wildman–Crippen MR) is 129 cm³/mol. The van der Waals surface area contributed by atoms with E-state index in [-0.39, 0.29) is 11.7 Å². The molecule has 170 valence electrons. The maximum Gasteiger partial charge on any atom is 0.268 e. The average molecular weight is 456 g/mol. The molecule has 3 rings (SSSR count). The Morgan fingerprint density at radius 3 is 2.38 bits per heavy atom. The van der Waals surface area contributed by atoms with Gasteiger partial charge in [0.05, 0.1) is 17.8 Å². The summed E-state index contributed by atoms with van der Waals surface area (Å²) in [6.45, 7) is 9.52. The number of carbonyl (C=O) groups is 1. The van der Waals surface area contributed by atoms with E-state index in [4.69, 9.17) is 16.3 Å². The van der Waals surface area contributed by atoms with Crippen LogP contribution in [0.4, 0.5) is 0 Å². The summed E-state index contributed by atoms with van der Waals surface area (Å²) in [6, 6.07) is 14.8. The van der Waals surface area contributed by atoms with Crippen molar-refractivity contribution < 1.29 is 14.6 Å². The van der Waals surface area contributed by atoms with E-state index in [9.17, 15) is 9.90 Å². The summed E-state index contributed by atoms with van der Waals surface area (Å²) in [5, 5.41) is 13.9. The number of ether oxygens (including phenoxy) is 1. The molecule has 0 aliphatic rings. The highest BCUT2D eigenvalue weighted by atomic mass is 35.5. The highest BCUT2D eigenvalue weighted by Crippen LogP contribution is 2.39. The molecule has 0 aliphatic carbocycles. The zero-order chi connectivity index (χ0) is 23.3. The Morgan fingerprint density at radius 1 is 1.09 bits per heavy atom. The molecule has 0 fully saturated rings. The Morgan fingerprint density at radius 2 is 1.78 bits per heavy atom. The minimum Gasteiger partial charge on any atom is -0.507 e. The van der Waals surface area contributed by atoms with E-state index in [1.807, 2.05) is 29.7 Å². The van der Waals surface area contributed by atoms with Gasteiger partial charge in [0.15, 0.2) is 0 Å². The van der Waals surface area contributed by atoms with Crippen LogP contribution in [0.1, 0.15) is 36.8 Å². The number of amides is 1. The summed E-state index contributed by atoms with van der Waals surface area (Å²) in [5.41, 5.74) is 3.66. The third-order valence-corrected chi connectivity index (χ3v) is 5.79. The molecule has 1 aromatic heterocycles. The van der Waals surface area contributed by atoms with Gasteiger partial charge in [-0.3, -0.25) is 9.69 Å². The molecule has 0 aliphatic heterocycles. The fourth-order valence-electron chi connectivity index (χ4n) is 3.71. The molecule has 0 bridgehead atoms. The SMILES string of the molecule is CCNC(=O)c1ccc(-c2cc(Cl)c(OC)cc2O)n1-c1ccc(CN(CC)CC)cc1. The van der Waals surface area contributed by atoms with Crippen molar-refractivity contribution in [3.63, 3.8) is 0 Å². The molecule has 0 radical (unpaired) electrons. The van der Waals surface area contributed by atoms with Crippen LogP contribution in [-0.4, -0.2) is 47.2 Å². The maximum absolute atomic E-state index is 12.8. The van der Waals surface area contributed by atoms with Gasteiger partial charge in [0, 0.05) is 30.4 Å². The molecule has 2 N–H and O–H groups in total. The molecule has 0 saturated carbocycles. The van der Waals surface area contributed by atoms with Crippen LogP contribution in [0.15, 0.2) is 48.5 Å². The standard InChI is InChI=1S/C25H30ClN3O3/c1-5-27-25(31)22-13-12-21(19-14-20(26)24(32-4)15-23(19)30)29(22)18-10-8-17(9-11-18)16-28(6-2)7-3/h8-15,30H,5-7,16H2,1-4H3,(H,27,31). The lowest BCUT2D eigenvalue weighted by molar-refractivity contribution is 0.0949. The van der Waals surface area contributed by atoms with E-state index in [0.29, 0.717) is 34.3 Å². The number of rotatable bonds is 9. The zero-order valence-electron chi connectivity index (χ0n) is 19.0. The second-order valence-corrected chi connectivity index (χ2v) is 7.84. The van der Waals surface area contributed by atoms with Gasteiger partial charge in [-0.05, 0) is 55.9 Å². The van der Waals surface area contributed by atoms with Crippen LogP contribution in [-0.2, 0) is 6.54 Å². The smallest absolute Gasteiger partial charge is 0.268 e. The Bertz CT molecular complexity index is 1070. The number of nitrogens with one attached hydrogen (secondary N) is 1. The summed E-state index contributed by atoms with van der Waals surface area (Å²) in [7, 11) is 1.50. The van der Waals surface area contributed by atoms with E-state index in [1.165, 1.54) is 18.7 Å². The molecule has 1 amide bonds. The highest BCUT2D eigenvalue weighted by molar-refractivity contribution is 6.32. The lowest BCUT2D eigenvalue weighted by atomic mass is 10.1. The van der Waals surface area contributed by atoms with Crippen molar-refractivity contribution in [1.82, 2.24) is 14.8 Å². The fourth-order valence-corrected chi connectivity index (χ4v) is 3.95. The lowest BCUT2D eigenvalue weighted by Gasteiger charge is -2.19. The number of aromatic hydroxyl groups is 1. The Kier molecular flexibility index (Phi) is 7.83. The normalized spacial score (nSPS) is 11.1. The first-order valence-electron chi connectivity index (χ1n) is 10.8. The molecule has 7 heteroatoms. The van der Waals surface area contributed by atoms with Crippen LogP contribution in [0, 0.1) is 0 Å². The predicted octanol–water partition coefficient (Wildman–Crippen LogP) is 5.10. The van der Waals surface area contributed by atoms with Crippen molar-refractivity contribution >= 4 is 17.5 Å². The lowest BCUT2D eigenvalue weighted by Crippen LogP contribution is -2.25. The third-order valence-electron chi connectivity index (χ3n) is 5.49. The van der Waals surface area contributed by atoms with Crippen LogP contribution in [0.25, 0.3) is 16.9 Å². The Balaban J connectivity index is 2.11. The van der Waals surface area contributed by atoms with E-state index in [0.717, 1.165) is 25.3 Å². The van der Waals surface area contributed by atoms with E-state index in [2.05, 4.69) is 36.2 Å². The van der Waals surface area contributed by atoms with Gasteiger partial charge in [-0.1, -0.05) is 37.6 Å². The van der Waals surface area contributed by atoms with E-state index >= 15 is 0 Å². The number of phenolic OH excluding ortho intramolecular Hbond substituents is 1. The summed E-state index contributed by atoms with van der Waals surface area (Å²) in [4.78, 5) is 15.1. The molecule has 6 nitrogen and oxygen atoms in total. The van der Waals surface area contributed by atoms with Crippen molar-refractivity contribution in [3.8, 4) is 28.4 Å². The molecule has 0 unspecified atom stereocenters. The molecule has 3 aromatic rings. The summed E-state index contributed by atoms with van der Waals surface area (Å²) in [5.74, 6) is 0.215. The van der Waals surface area contributed by atoms with E-state index < -0.39 is 0 Å². The van der Waals surface area contributed by atoms with Gasteiger partial charge in [0.1, 0.15) is 17.2 Å². The van der Waals surface area contributed by atoms with Crippen molar-refractivity contribution in [3.05, 3.63) is 64.8 Å². The quantitative estimate of drug-likeness (QED) is 0.471. The third kappa shape index (κ3) is 4.92. The highest BCUT2D eigenvalue weighted by Gasteiger charge is 2.20. The number of benzene rings is 2. The van der Waals surface area contributed by atoms with Gasteiger partial charge in [-0.25, -0.2) is 0 Å². The molecule has 2 aromatic carbocycles. The van der Waals surface area contributed by atoms with Gasteiger partial charge in [0.2, 0.25) is 0 Å². The average Bonchev–Trinajstić information content (AvgIpc) is 3.24. The largest absolute Gasteiger partial charge is 0.507 e. The summed E-state index contributed by atoms with van der Waals surface area (Å²) >= 11 is 6.34. The van der Waals surface area contributed by atoms with Crippen LogP contribution < -0.4 is 10.1 Å². The number of halogens is 1. The molecule has 32 heavy (non-hydrogen) atoms. The number of nitrogens with zero attached hydrogens (tertiary/aromatic N) is 2. The first kappa shape index (κ1) is 23.7. The van der Waals surface area contributed by atoms with Crippen LogP contribution in [0.5, 0.6) is 11.5 Å². The molecule has 1 heterocycles. The number of hydrogen-bond acceptors (Lipinski definition) is 4. The van der Waals surface area contributed by atoms with Gasteiger partial charge in [0.25, 0.3) is 5.91 Å².